The van der Waals surface area contributed by atoms with Gasteiger partial charge in [-0.3, -0.25) is 0 Å². The van der Waals surface area contributed by atoms with Gasteiger partial charge in [-0.2, -0.15) is 5.26 Å². The molecule has 0 aliphatic heterocycles. The van der Waals surface area contributed by atoms with E-state index in [4.69, 9.17) is 0 Å². The Morgan fingerprint density at radius 3 is 2.38 bits per heavy atom. The van der Waals surface area contributed by atoms with Gasteiger partial charge in [0.15, 0.2) is 0 Å². The molecule has 0 aliphatic rings. The van der Waals surface area contributed by atoms with Crippen molar-refractivity contribution in [1.29, 1.82) is 5.26 Å². The third kappa shape index (κ3) is 3.40. The lowest BCUT2D eigenvalue weighted by Crippen LogP contribution is -2.12. The molecule has 2 aromatic carbocycles. The summed E-state index contributed by atoms with van der Waals surface area (Å²) in [6.45, 7) is 6.30. The molecule has 0 heterocycles. The first kappa shape index (κ1) is 15.5. The molecule has 0 unspecified atom stereocenters. The molecule has 0 saturated heterocycles. The van der Waals surface area contributed by atoms with Crippen LogP contribution in [-0.4, -0.2) is 12.8 Å². The molecule has 2 nitrogen and oxygen atoms in total. The first-order chi connectivity index (χ1) is 10.1. The number of benzene rings is 2. The van der Waals surface area contributed by atoms with E-state index in [0.29, 0.717) is 0 Å². The average Bonchev–Trinajstić information content (AvgIpc) is 2.45. The highest BCUT2D eigenvalue weighted by Gasteiger charge is 2.13. The second kappa shape index (κ2) is 6.69. The normalized spacial score (nSPS) is 10.2. The fourth-order valence-electron chi connectivity index (χ4n) is 2.47. The van der Waals surface area contributed by atoms with Gasteiger partial charge in [0.25, 0.3) is 0 Å². The lowest BCUT2D eigenvalue weighted by molar-refractivity contribution is 1.17. The van der Waals surface area contributed by atoms with Gasteiger partial charge in [-0.1, -0.05) is 19.1 Å². The third-order valence-electron chi connectivity index (χ3n) is 3.37. The zero-order chi connectivity index (χ0) is 15.4. The highest BCUT2D eigenvalue weighted by atomic mass is 32.2. The largest absolute Gasteiger partial charge is 0.343 e. The van der Waals surface area contributed by atoms with Crippen LogP contribution in [0.3, 0.4) is 0 Å². The molecule has 0 aromatic heterocycles. The number of hydrogen-bond acceptors (Lipinski definition) is 3. The van der Waals surface area contributed by atoms with Crippen LogP contribution in [0.1, 0.15) is 23.6 Å². The Balaban J connectivity index is 2.50. The summed E-state index contributed by atoms with van der Waals surface area (Å²) in [5.41, 5.74) is 5.29. The predicted octanol–water partition coefficient (Wildman–Crippen LogP) is 5.06. The second-order valence-electron chi connectivity index (χ2n) is 5.10. The van der Waals surface area contributed by atoms with Crippen LogP contribution < -0.4 is 4.90 Å². The highest BCUT2D eigenvalue weighted by molar-refractivity contribution is 7.99. The van der Waals surface area contributed by atoms with Gasteiger partial charge in [-0.25, -0.2) is 0 Å². The van der Waals surface area contributed by atoms with Gasteiger partial charge in [-0.05, 0) is 55.0 Å². The zero-order valence-corrected chi connectivity index (χ0v) is 13.8. The second-order valence-corrected chi connectivity index (χ2v) is 6.41. The van der Waals surface area contributed by atoms with Crippen molar-refractivity contribution in [3.05, 3.63) is 53.1 Å². The van der Waals surface area contributed by atoms with Crippen molar-refractivity contribution in [1.82, 2.24) is 0 Å². The van der Waals surface area contributed by atoms with E-state index in [0.717, 1.165) is 27.6 Å². The number of thioether (sulfide) groups is 1. The van der Waals surface area contributed by atoms with Crippen LogP contribution in [0.4, 0.5) is 11.4 Å². The Morgan fingerprint density at radius 1 is 1.14 bits per heavy atom. The van der Waals surface area contributed by atoms with Crippen LogP contribution in [0.5, 0.6) is 0 Å². The van der Waals surface area contributed by atoms with Gasteiger partial charge in [0.1, 0.15) is 6.07 Å². The number of anilines is 2. The molecule has 2 aromatic rings. The van der Waals surface area contributed by atoms with Gasteiger partial charge in [-0.15, -0.1) is 11.8 Å². The van der Waals surface area contributed by atoms with Crippen LogP contribution in [-0.2, 0) is 0 Å². The molecule has 0 aliphatic carbocycles. The van der Waals surface area contributed by atoms with E-state index in [9.17, 15) is 5.26 Å². The molecule has 0 spiro atoms. The fourth-order valence-corrected chi connectivity index (χ4v) is 3.25. The molecule has 0 bridgehead atoms. The summed E-state index contributed by atoms with van der Waals surface area (Å²) in [6, 6.07) is 14.9. The van der Waals surface area contributed by atoms with Crippen molar-refractivity contribution < 1.29 is 0 Å². The summed E-state index contributed by atoms with van der Waals surface area (Å²) < 4.78 is 0. The van der Waals surface area contributed by atoms with Crippen LogP contribution in [0.25, 0.3) is 0 Å². The van der Waals surface area contributed by atoms with E-state index in [-0.39, 0.29) is 0 Å². The molecule has 2 rings (SSSR count). The lowest BCUT2D eigenvalue weighted by Gasteiger charge is -2.22. The van der Waals surface area contributed by atoms with Crippen LogP contribution in [0, 0.1) is 25.2 Å². The van der Waals surface area contributed by atoms with E-state index in [1.54, 1.807) is 11.8 Å². The molecule has 0 N–H and O–H groups in total. The Hall–Kier alpha value is -1.92. The molecule has 0 amide bonds. The van der Waals surface area contributed by atoms with Crippen molar-refractivity contribution in [2.75, 3.05) is 17.7 Å². The minimum Gasteiger partial charge on any atom is -0.343 e. The summed E-state index contributed by atoms with van der Waals surface area (Å²) >= 11 is 1.71. The third-order valence-corrected chi connectivity index (χ3v) is 4.31. The molecule has 0 atom stereocenters. The maximum atomic E-state index is 9.54. The molecule has 0 fully saturated rings. The lowest BCUT2D eigenvalue weighted by atomic mass is 10.1. The smallest absolute Gasteiger partial charge is 0.103 e. The van der Waals surface area contributed by atoms with E-state index < -0.39 is 0 Å². The number of nitrogens with zero attached hydrogens (tertiary/aromatic N) is 2. The van der Waals surface area contributed by atoms with Crippen molar-refractivity contribution in [3.63, 3.8) is 0 Å². The van der Waals surface area contributed by atoms with Gasteiger partial charge in [0, 0.05) is 17.6 Å². The summed E-state index contributed by atoms with van der Waals surface area (Å²) in [5.74, 6) is 0.964. The topological polar surface area (TPSA) is 27.0 Å². The van der Waals surface area contributed by atoms with Gasteiger partial charge >= 0.3 is 0 Å². The summed E-state index contributed by atoms with van der Waals surface area (Å²) in [4.78, 5) is 3.15. The van der Waals surface area contributed by atoms with Gasteiger partial charge in [0.05, 0.1) is 11.3 Å². The zero-order valence-electron chi connectivity index (χ0n) is 13.0. The molecular weight excluding hydrogens is 276 g/mol. The number of rotatable bonds is 4. The Bertz CT molecular complexity index is 666. The van der Waals surface area contributed by atoms with Crippen LogP contribution in [0.15, 0.2) is 41.3 Å². The van der Waals surface area contributed by atoms with E-state index in [1.807, 2.05) is 25.2 Å². The van der Waals surface area contributed by atoms with Gasteiger partial charge < -0.3 is 4.90 Å². The molecule has 21 heavy (non-hydrogen) atoms. The Morgan fingerprint density at radius 2 is 1.81 bits per heavy atom. The quantitative estimate of drug-likeness (QED) is 0.738. The number of hydrogen-bond donors (Lipinski definition) is 0. The first-order valence-corrected chi connectivity index (χ1v) is 8.03. The standard InChI is InChI=1S/C18H20N2S/c1-5-21-18-8-6-7-17(16(18)12-19)20(4)15-10-13(2)9-14(3)11-15/h6-11H,5H2,1-4H3. The average molecular weight is 296 g/mol. The molecular formula is C18H20N2S. The Kier molecular flexibility index (Phi) is 4.93. The maximum Gasteiger partial charge on any atom is 0.103 e. The Labute approximate surface area is 131 Å². The minimum absolute atomic E-state index is 0.756. The predicted molar refractivity (Wildman–Crippen MR) is 91.5 cm³/mol. The van der Waals surface area contributed by atoms with Crippen LogP contribution >= 0.6 is 11.8 Å². The van der Waals surface area contributed by atoms with E-state index in [2.05, 4.69) is 49.9 Å². The van der Waals surface area contributed by atoms with E-state index in [1.165, 1.54) is 11.1 Å². The molecule has 0 saturated carbocycles. The summed E-state index contributed by atoms with van der Waals surface area (Å²) in [6.07, 6.45) is 0. The van der Waals surface area contributed by atoms with Crippen molar-refractivity contribution >= 4 is 23.1 Å². The SMILES string of the molecule is CCSc1cccc(N(C)c2cc(C)cc(C)c2)c1C#N. The van der Waals surface area contributed by atoms with Crippen molar-refractivity contribution in [2.45, 2.75) is 25.7 Å². The number of aryl methyl sites for hydroxylation is 2. The maximum absolute atomic E-state index is 9.54. The van der Waals surface area contributed by atoms with Crippen LogP contribution in [0.2, 0.25) is 0 Å². The fraction of sp³-hybridized carbons (Fsp3) is 0.278. The monoisotopic (exact) mass is 296 g/mol. The summed E-state index contributed by atoms with van der Waals surface area (Å²) in [7, 11) is 2.02. The van der Waals surface area contributed by atoms with E-state index >= 15 is 0 Å². The summed E-state index contributed by atoms with van der Waals surface area (Å²) in [5, 5.41) is 9.54. The first-order valence-electron chi connectivity index (χ1n) is 7.04. The highest BCUT2D eigenvalue weighted by Crippen LogP contribution is 2.33. The van der Waals surface area contributed by atoms with Crippen molar-refractivity contribution in [2.24, 2.45) is 0 Å². The molecule has 3 heteroatoms. The minimum atomic E-state index is 0.756. The molecule has 108 valence electrons. The van der Waals surface area contributed by atoms with Crippen molar-refractivity contribution in [3.8, 4) is 6.07 Å². The number of nitriles is 1. The van der Waals surface area contributed by atoms with Gasteiger partial charge in [0.2, 0.25) is 0 Å². The molecule has 0 radical (unpaired) electrons.